The third kappa shape index (κ3) is 2.38. The Labute approximate surface area is 97.0 Å². The topological polar surface area (TPSA) is 52.6 Å². The highest BCUT2D eigenvalue weighted by Gasteiger charge is 2.45. The molecule has 2 aliphatic heterocycles. The maximum atomic E-state index is 11.8. The smallest absolute Gasteiger partial charge is 0.237 e. The Morgan fingerprint density at radius 2 is 2.25 bits per heavy atom. The van der Waals surface area contributed by atoms with Crippen molar-refractivity contribution in [3.8, 4) is 0 Å². The lowest BCUT2D eigenvalue weighted by Crippen LogP contribution is -2.66. The average Bonchev–Trinajstić information content (AvgIpc) is 2.39. The van der Waals surface area contributed by atoms with E-state index >= 15 is 0 Å². The van der Waals surface area contributed by atoms with Crippen LogP contribution < -0.4 is 5.32 Å². The first-order valence-corrected chi connectivity index (χ1v) is 6.39. The number of nitrogens with one attached hydrogen (secondary N) is 1. The number of β-amino-alcohol motifs (C(OH)–C–C–N with tert-alkyl or cyclic N) is 1. The maximum absolute atomic E-state index is 11.8. The molecule has 1 atom stereocenters. The van der Waals surface area contributed by atoms with Crippen molar-refractivity contribution >= 4 is 5.91 Å². The first-order valence-electron chi connectivity index (χ1n) is 6.39. The summed E-state index contributed by atoms with van der Waals surface area (Å²) >= 11 is 0. The molecule has 0 radical (unpaired) electrons. The van der Waals surface area contributed by atoms with E-state index in [0.717, 1.165) is 38.6 Å². The lowest BCUT2D eigenvalue weighted by Gasteiger charge is -2.49. The summed E-state index contributed by atoms with van der Waals surface area (Å²) in [4.78, 5) is 13.9. The van der Waals surface area contributed by atoms with E-state index in [4.69, 9.17) is 0 Å². The Bertz CT molecular complexity index is 262. The van der Waals surface area contributed by atoms with Gasteiger partial charge in [0.25, 0.3) is 0 Å². The fraction of sp³-hybridized carbons (Fsp3) is 0.917. The zero-order valence-electron chi connectivity index (χ0n) is 10.0. The van der Waals surface area contributed by atoms with Gasteiger partial charge in [-0.2, -0.15) is 0 Å². The quantitative estimate of drug-likeness (QED) is 0.737. The molecule has 2 N–H and O–H groups in total. The molecule has 1 unspecified atom stereocenters. The van der Waals surface area contributed by atoms with Gasteiger partial charge in [-0.15, -0.1) is 0 Å². The molecule has 2 aliphatic rings. The highest BCUT2D eigenvalue weighted by atomic mass is 16.3. The molecule has 1 amide bonds. The SMILES string of the molecule is CCCC1(O)CN(C2CCCCNC2=O)C1. The third-order valence-corrected chi connectivity index (χ3v) is 3.66. The van der Waals surface area contributed by atoms with E-state index in [9.17, 15) is 9.90 Å². The summed E-state index contributed by atoms with van der Waals surface area (Å²) in [5, 5.41) is 13.0. The van der Waals surface area contributed by atoms with Crippen molar-refractivity contribution in [1.29, 1.82) is 0 Å². The second-order valence-corrected chi connectivity index (χ2v) is 5.18. The van der Waals surface area contributed by atoms with Crippen LogP contribution in [0, 0.1) is 0 Å². The molecule has 0 spiro atoms. The summed E-state index contributed by atoms with van der Waals surface area (Å²) in [6, 6.07) is -0.000342. The van der Waals surface area contributed by atoms with Gasteiger partial charge in [-0.3, -0.25) is 9.69 Å². The van der Waals surface area contributed by atoms with Crippen molar-refractivity contribution in [1.82, 2.24) is 10.2 Å². The van der Waals surface area contributed by atoms with E-state index in [1.165, 1.54) is 0 Å². The number of aliphatic hydroxyl groups is 1. The minimum Gasteiger partial charge on any atom is -0.387 e. The van der Waals surface area contributed by atoms with Gasteiger partial charge >= 0.3 is 0 Å². The number of rotatable bonds is 3. The molecule has 0 aromatic rings. The largest absolute Gasteiger partial charge is 0.387 e. The highest BCUT2D eigenvalue weighted by Crippen LogP contribution is 2.29. The first-order chi connectivity index (χ1) is 7.64. The fourth-order valence-corrected chi connectivity index (χ4v) is 2.83. The van der Waals surface area contributed by atoms with E-state index in [0.29, 0.717) is 13.1 Å². The van der Waals surface area contributed by atoms with E-state index in [1.54, 1.807) is 0 Å². The Hall–Kier alpha value is -0.610. The monoisotopic (exact) mass is 226 g/mol. The highest BCUT2D eigenvalue weighted by molar-refractivity contribution is 5.82. The second-order valence-electron chi connectivity index (χ2n) is 5.18. The van der Waals surface area contributed by atoms with Crippen molar-refractivity contribution in [2.75, 3.05) is 19.6 Å². The Balaban J connectivity index is 1.87. The average molecular weight is 226 g/mol. The first kappa shape index (κ1) is 11.9. The van der Waals surface area contributed by atoms with Crippen LogP contribution in [0.15, 0.2) is 0 Å². The molecule has 0 saturated carbocycles. The number of carbonyl (C=O) groups excluding carboxylic acids is 1. The van der Waals surface area contributed by atoms with Gasteiger partial charge < -0.3 is 10.4 Å². The summed E-state index contributed by atoms with van der Waals surface area (Å²) in [7, 11) is 0. The normalized spacial score (nSPS) is 30.4. The van der Waals surface area contributed by atoms with Gasteiger partial charge in [-0.1, -0.05) is 13.3 Å². The predicted molar refractivity (Wildman–Crippen MR) is 62.1 cm³/mol. The standard InChI is InChI=1S/C12H22N2O2/c1-2-6-12(16)8-14(9-12)10-5-3-4-7-13-11(10)15/h10,16H,2-9H2,1H3,(H,13,15). The minimum atomic E-state index is -0.526. The molecule has 0 aromatic carbocycles. The van der Waals surface area contributed by atoms with Crippen LogP contribution in [-0.4, -0.2) is 47.2 Å². The van der Waals surface area contributed by atoms with Crippen LogP contribution in [0.1, 0.15) is 39.0 Å². The molecular weight excluding hydrogens is 204 g/mol. The molecule has 4 heteroatoms. The number of nitrogens with zero attached hydrogens (tertiary/aromatic N) is 1. The van der Waals surface area contributed by atoms with Crippen LogP contribution in [0.5, 0.6) is 0 Å². The minimum absolute atomic E-state index is 0.000342. The number of carbonyl (C=O) groups is 1. The second kappa shape index (κ2) is 4.72. The van der Waals surface area contributed by atoms with Crippen LogP contribution in [0.2, 0.25) is 0 Å². The van der Waals surface area contributed by atoms with Gasteiger partial charge in [-0.25, -0.2) is 0 Å². The van der Waals surface area contributed by atoms with E-state index in [1.807, 2.05) is 0 Å². The number of hydrogen-bond acceptors (Lipinski definition) is 3. The van der Waals surface area contributed by atoms with Crippen molar-refractivity contribution in [2.45, 2.75) is 50.7 Å². The van der Waals surface area contributed by atoms with Crippen molar-refractivity contribution in [3.63, 3.8) is 0 Å². The summed E-state index contributed by atoms with van der Waals surface area (Å²) in [6.45, 7) is 4.22. The predicted octanol–water partition coefficient (Wildman–Crippen LogP) is 0.502. The molecule has 4 nitrogen and oxygen atoms in total. The van der Waals surface area contributed by atoms with Gasteiger partial charge in [0.15, 0.2) is 0 Å². The Kier molecular flexibility index (Phi) is 3.50. The molecule has 0 aliphatic carbocycles. The van der Waals surface area contributed by atoms with Gasteiger partial charge in [0.05, 0.1) is 11.6 Å². The van der Waals surface area contributed by atoms with E-state index in [2.05, 4.69) is 17.1 Å². The molecule has 0 aromatic heterocycles. The summed E-state index contributed by atoms with van der Waals surface area (Å²) in [5.41, 5.74) is -0.526. The zero-order chi connectivity index (χ0) is 11.6. The molecule has 2 rings (SSSR count). The molecule has 0 bridgehead atoms. The van der Waals surface area contributed by atoms with Crippen LogP contribution in [0.3, 0.4) is 0 Å². The van der Waals surface area contributed by atoms with Crippen LogP contribution in [0.4, 0.5) is 0 Å². The van der Waals surface area contributed by atoms with Crippen LogP contribution in [0.25, 0.3) is 0 Å². The molecular formula is C12H22N2O2. The van der Waals surface area contributed by atoms with Crippen molar-refractivity contribution in [2.24, 2.45) is 0 Å². The van der Waals surface area contributed by atoms with Crippen LogP contribution in [-0.2, 0) is 4.79 Å². The lowest BCUT2D eigenvalue weighted by atomic mass is 9.87. The summed E-state index contributed by atoms with van der Waals surface area (Å²) < 4.78 is 0. The number of amides is 1. The number of likely N-dealkylation sites (tertiary alicyclic amines) is 1. The molecule has 2 heterocycles. The van der Waals surface area contributed by atoms with Gasteiger partial charge in [0.2, 0.25) is 5.91 Å². The fourth-order valence-electron chi connectivity index (χ4n) is 2.83. The van der Waals surface area contributed by atoms with Gasteiger partial charge in [0.1, 0.15) is 0 Å². The molecule has 2 fully saturated rings. The maximum Gasteiger partial charge on any atom is 0.237 e. The van der Waals surface area contributed by atoms with Gasteiger partial charge in [0, 0.05) is 19.6 Å². The van der Waals surface area contributed by atoms with Crippen molar-refractivity contribution < 1.29 is 9.90 Å². The lowest BCUT2D eigenvalue weighted by molar-refractivity contribution is -0.145. The summed E-state index contributed by atoms with van der Waals surface area (Å²) in [6.07, 6.45) is 4.97. The van der Waals surface area contributed by atoms with Crippen molar-refractivity contribution in [3.05, 3.63) is 0 Å². The van der Waals surface area contributed by atoms with Gasteiger partial charge in [-0.05, 0) is 25.7 Å². The van der Waals surface area contributed by atoms with Crippen LogP contribution >= 0.6 is 0 Å². The third-order valence-electron chi connectivity index (χ3n) is 3.66. The molecule has 92 valence electrons. The van der Waals surface area contributed by atoms with E-state index < -0.39 is 5.60 Å². The molecule has 2 saturated heterocycles. The summed E-state index contributed by atoms with van der Waals surface area (Å²) in [5.74, 6) is 0.149. The number of hydrogen-bond donors (Lipinski definition) is 2. The Morgan fingerprint density at radius 1 is 1.50 bits per heavy atom. The van der Waals surface area contributed by atoms with E-state index in [-0.39, 0.29) is 11.9 Å². The molecule has 16 heavy (non-hydrogen) atoms. The zero-order valence-corrected chi connectivity index (χ0v) is 10.0. The Morgan fingerprint density at radius 3 is 2.94 bits per heavy atom.